The van der Waals surface area contributed by atoms with Crippen LogP contribution in [0.25, 0.3) is 22.2 Å². The fourth-order valence-electron chi connectivity index (χ4n) is 3.98. The largest absolute Gasteiger partial charge is 0.476 e. The molecule has 0 atom stereocenters. The van der Waals surface area contributed by atoms with Crippen molar-refractivity contribution in [2.45, 2.75) is 31.5 Å². The molecule has 3 heterocycles. The van der Waals surface area contributed by atoms with Gasteiger partial charge in [0.05, 0.1) is 23.1 Å². The number of carbonyl (C=O) groups is 1. The van der Waals surface area contributed by atoms with Gasteiger partial charge < -0.3 is 9.84 Å². The molecule has 0 radical (unpaired) electrons. The third-order valence-corrected chi connectivity index (χ3v) is 5.56. The summed E-state index contributed by atoms with van der Waals surface area (Å²) in [4.78, 5) is 20.1. The van der Waals surface area contributed by atoms with Crippen molar-refractivity contribution in [3.05, 3.63) is 71.7 Å². The van der Waals surface area contributed by atoms with Crippen molar-refractivity contribution >= 4 is 16.9 Å². The fourth-order valence-corrected chi connectivity index (χ4v) is 3.98. The predicted octanol–water partition coefficient (Wildman–Crippen LogP) is 5.06. The number of pyridine rings is 2. The van der Waals surface area contributed by atoms with Gasteiger partial charge in [-0.3, -0.25) is 4.68 Å². The van der Waals surface area contributed by atoms with Crippen LogP contribution >= 0.6 is 0 Å². The topological polar surface area (TPSA) is 90.1 Å². The number of carboxylic acid groups (broad SMARTS) is 1. The normalized spacial score (nSPS) is 13.9. The van der Waals surface area contributed by atoms with Crippen molar-refractivity contribution in [1.29, 1.82) is 0 Å². The Kier molecular flexibility index (Phi) is 5.43. The van der Waals surface area contributed by atoms with Crippen LogP contribution in [0.15, 0.2) is 54.9 Å². The van der Waals surface area contributed by atoms with E-state index >= 15 is 0 Å². The number of fused-ring (bicyclic) bond motifs is 1. The molecule has 0 bridgehead atoms. The van der Waals surface area contributed by atoms with Gasteiger partial charge in [-0.25, -0.2) is 14.8 Å². The van der Waals surface area contributed by atoms with E-state index < -0.39 is 18.8 Å². The van der Waals surface area contributed by atoms with Crippen molar-refractivity contribution < 1.29 is 27.8 Å². The summed E-state index contributed by atoms with van der Waals surface area (Å²) in [5, 5.41) is 14.7. The maximum absolute atomic E-state index is 12.6. The fraction of sp³-hybridized carbons (Fsp3) is 0.250. The first-order valence-corrected chi connectivity index (χ1v) is 10.6. The minimum absolute atomic E-state index is 0.00477. The highest BCUT2D eigenvalue weighted by Crippen LogP contribution is 2.44. The van der Waals surface area contributed by atoms with Crippen LogP contribution in [0.3, 0.4) is 0 Å². The van der Waals surface area contributed by atoms with E-state index in [4.69, 9.17) is 4.74 Å². The summed E-state index contributed by atoms with van der Waals surface area (Å²) in [6, 6.07) is 12.7. The number of aromatic nitrogens is 4. The highest BCUT2D eigenvalue weighted by molar-refractivity contribution is 6.06. The minimum atomic E-state index is -4.45. The predicted molar refractivity (Wildman–Crippen MR) is 117 cm³/mol. The number of nitrogens with zero attached hydrogens (tertiary/aromatic N) is 4. The van der Waals surface area contributed by atoms with Gasteiger partial charge in [-0.05, 0) is 36.5 Å². The van der Waals surface area contributed by atoms with Crippen molar-refractivity contribution in [2.75, 3.05) is 6.61 Å². The van der Waals surface area contributed by atoms with Crippen LogP contribution in [0.1, 0.15) is 40.4 Å². The molecule has 0 unspecified atom stereocenters. The zero-order valence-corrected chi connectivity index (χ0v) is 17.8. The highest BCUT2D eigenvalue weighted by Gasteiger charge is 2.32. The Morgan fingerprint density at radius 1 is 1.15 bits per heavy atom. The molecule has 34 heavy (non-hydrogen) atoms. The quantitative estimate of drug-likeness (QED) is 0.408. The Balaban J connectivity index is 1.57. The molecule has 1 saturated carbocycles. The lowest BCUT2D eigenvalue weighted by Crippen LogP contribution is -2.20. The van der Waals surface area contributed by atoms with Gasteiger partial charge in [-0.2, -0.15) is 18.3 Å². The molecule has 1 aliphatic rings. The summed E-state index contributed by atoms with van der Waals surface area (Å²) in [7, 11) is 0. The molecule has 3 aromatic heterocycles. The number of rotatable bonds is 7. The van der Waals surface area contributed by atoms with Gasteiger partial charge in [0.15, 0.2) is 12.3 Å². The van der Waals surface area contributed by atoms with E-state index in [1.54, 1.807) is 16.8 Å². The average molecular weight is 468 g/mol. The number of halogens is 3. The summed E-state index contributed by atoms with van der Waals surface area (Å²) < 4.78 is 44.6. The highest BCUT2D eigenvalue weighted by atomic mass is 19.4. The van der Waals surface area contributed by atoms with Crippen molar-refractivity contribution in [3.63, 3.8) is 0 Å². The zero-order chi connectivity index (χ0) is 23.9. The van der Waals surface area contributed by atoms with Crippen LogP contribution in [0.2, 0.25) is 0 Å². The van der Waals surface area contributed by atoms with Crippen LogP contribution in [-0.4, -0.2) is 43.6 Å². The van der Waals surface area contributed by atoms with Crippen LogP contribution in [0.4, 0.5) is 13.2 Å². The Labute approximate surface area is 191 Å². The van der Waals surface area contributed by atoms with E-state index in [1.165, 1.54) is 12.4 Å². The van der Waals surface area contributed by atoms with E-state index in [0.29, 0.717) is 22.2 Å². The third kappa shape index (κ3) is 4.43. The van der Waals surface area contributed by atoms with E-state index in [2.05, 4.69) is 15.1 Å². The SMILES string of the molecule is O=C(O)c1nccc2nn(Cc3cnc(OCC(F)(F)F)c(C4CC4)c3)c(-c3ccccc3)c12. The zero-order valence-electron chi connectivity index (χ0n) is 17.8. The Bertz CT molecular complexity index is 1370. The summed E-state index contributed by atoms with van der Waals surface area (Å²) in [6.45, 7) is -1.16. The number of aromatic carboxylic acids is 1. The van der Waals surface area contributed by atoms with Gasteiger partial charge in [0.1, 0.15) is 0 Å². The molecule has 0 aliphatic heterocycles. The standard InChI is InChI=1S/C24H19F3N4O3/c25-24(26,27)13-34-22-17(15-6-7-15)10-14(11-29-22)12-31-21(16-4-2-1-3-5-16)19-18(30-31)8-9-28-20(19)23(32)33/h1-5,8-11,15H,6-7,12-13H2,(H,32,33). The van der Waals surface area contributed by atoms with E-state index in [9.17, 15) is 23.1 Å². The van der Waals surface area contributed by atoms with Crippen molar-refractivity contribution in [2.24, 2.45) is 0 Å². The number of carboxylic acids is 1. The third-order valence-electron chi connectivity index (χ3n) is 5.56. The van der Waals surface area contributed by atoms with Gasteiger partial charge in [0.25, 0.3) is 0 Å². The van der Waals surface area contributed by atoms with E-state index in [1.807, 2.05) is 30.3 Å². The molecule has 0 saturated heterocycles. The van der Waals surface area contributed by atoms with Gasteiger partial charge in [0, 0.05) is 23.5 Å². The first-order valence-electron chi connectivity index (χ1n) is 10.6. The van der Waals surface area contributed by atoms with Crippen LogP contribution in [-0.2, 0) is 6.54 Å². The molecule has 7 nitrogen and oxygen atoms in total. The maximum Gasteiger partial charge on any atom is 0.422 e. The summed E-state index contributed by atoms with van der Waals surface area (Å²) in [5.74, 6) is -1.05. The molecule has 0 amide bonds. The van der Waals surface area contributed by atoms with Crippen LogP contribution in [0.5, 0.6) is 5.88 Å². The molecule has 174 valence electrons. The second-order valence-corrected chi connectivity index (χ2v) is 8.15. The van der Waals surface area contributed by atoms with Crippen molar-refractivity contribution in [3.8, 4) is 17.1 Å². The molecule has 1 aliphatic carbocycles. The van der Waals surface area contributed by atoms with Crippen LogP contribution < -0.4 is 4.74 Å². The van der Waals surface area contributed by atoms with Gasteiger partial charge in [-0.1, -0.05) is 30.3 Å². The Morgan fingerprint density at radius 3 is 2.59 bits per heavy atom. The second-order valence-electron chi connectivity index (χ2n) is 8.15. The van der Waals surface area contributed by atoms with Crippen molar-refractivity contribution in [1.82, 2.24) is 19.7 Å². The molecule has 10 heteroatoms. The van der Waals surface area contributed by atoms with Gasteiger partial charge in [0.2, 0.25) is 5.88 Å². The molecular weight excluding hydrogens is 449 g/mol. The molecular formula is C24H19F3N4O3. The summed E-state index contributed by atoms with van der Waals surface area (Å²) in [5.41, 5.74) is 3.10. The first kappa shape index (κ1) is 21.9. The van der Waals surface area contributed by atoms with E-state index in [0.717, 1.165) is 24.0 Å². The Hall–Kier alpha value is -3.95. The molecule has 4 aromatic rings. The monoisotopic (exact) mass is 468 g/mol. The molecule has 1 N–H and O–H groups in total. The molecule has 5 rings (SSSR count). The maximum atomic E-state index is 12.6. The summed E-state index contributed by atoms with van der Waals surface area (Å²) >= 11 is 0. The number of hydrogen-bond donors (Lipinski definition) is 1. The lowest BCUT2D eigenvalue weighted by molar-refractivity contribution is -0.154. The average Bonchev–Trinajstić information content (AvgIpc) is 3.58. The lowest BCUT2D eigenvalue weighted by Gasteiger charge is -2.14. The molecule has 0 spiro atoms. The van der Waals surface area contributed by atoms with E-state index in [-0.39, 0.29) is 24.0 Å². The number of benzene rings is 1. The van der Waals surface area contributed by atoms with Gasteiger partial charge in [-0.15, -0.1) is 0 Å². The Morgan fingerprint density at radius 2 is 1.91 bits per heavy atom. The first-order chi connectivity index (χ1) is 16.3. The smallest absolute Gasteiger partial charge is 0.422 e. The molecule has 1 fully saturated rings. The second kappa shape index (κ2) is 8.44. The number of ether oxygens (including phenoxy) is 1. The molecule has 1 aromatic carbocycles. The number of hydrogen-bond acceptors (Lipinski definition) is 5. The lowest BCUT2D eigenvalue weighted by atomic mass is 10.1. The van der Waals surface area contributed by atoms with Crippen LogP contribution in [0, 0.1) is 0 Å². The van der Waals surface area contributed by atoms with Gasteiger partial charge >= 0.3 is 12.1 Å². The summed E-state index contributed by atoms with van der Waals surface area (Å²) in [6.07, 6.45) is 0.146. The number of alkyl halides is 3. The minimum Gasteiger partial charge on any atom is -0.476 e.